The fourth-order valence-corrected chi connectivity index (χ4v) is 1.75. The second-order valence-electron chi connectivity index (χ2n) is 3.91. The summed E-state index contributed by atoms with van der Waals surface area (Å²) in [7, 11) is 1.68. The molecule has 1 aromatic rings. The molecule has 0 aliphatic carbocycles. The molecule has 0 heterocycles. The summed E-state index contributed by atoms with van der Waals surface area (Å²) in [6, 6.07) is 6.91. The summed E-state index contributed by atoms with van der Waals surface area (Å²) in [6.07, 6.45) is 0.884. The van der Waals surface area contributed by atoms with E-state index in [9.17, 15) is 4.39 Å². The molecule has 0 aromatic heterocycles. The van der Waals surface area contributed by atoms with Crippen molar-refractivity contribution < 1.29 is 9.13 Å². The zero-order valence-corrected chi connectivity index (χ0v) is 10.2. The van der Waals surface area contributed by atoms with Gasteiger partial charge in [-0.05, 0) is 26.0 Å². The zero-order chi connectivity index (χ0) is 12.0. The van der Waals surface area contributed by atoms with Gasteiger partial charge in [0.2, 0.25) is 0 Å². The van der Waals surface area contributed by atoms with Gasteiger partial charge in [0.15, 0.2) is 0 Å². The molecule has 1 N–H and O–H groups in total. The molecule has 2 nitrogen and oxygen atoms in total. The third kappa shape index (κ3) is 3.58. The van der Waals surface area contributed by atoms with Crippen molar-refractivity contribution in [1.29, 1.82) is 0 Å². The molecule has 1 aromatic carbocycles. The molecule has 0 saturated heterocycles. The average molecular weight is 225 g/mol. The highest BCUT2D eigenvalue weighted by molar-refractivity contribution is 5.21. The van der Waals surface area contributed by atoms with Crippen molar-refractivity contribution in [2.75, 3.05) is 13.7 Å². The maximum atomic E-state index is 13.6. The second-order valence-corrected chi connectivity index (χ2v) is 3.91. The third-order valence-electron chi connectivity index (χ3n) is 2.70. The van der Waals surface area contributed by atoms with Crippen molar-refractivity contribution in [2.24, 2.45) is 0 Å². The van der Waals surface area contributed by atoms with Crippen LogP contribution < -0.4 is 5.32 Å². The van der Waals surface area contributed by atoms with Crippen LogP contribution in [0.2, 0.25) is 0 Å². The SMILES string of the molecule is CCNC(CC(C)OC)c1ccccc1F. The third-order valence-corrected chi connectivity index (χ3v) is 2.70. The van der Waals surface area contributed by atoms with Crippen molar-refractivity contribution >= 4 is 0 Å². The highest BCUT2D eigenvalue weighted by Gasteiger charge is 2.16. The van der Waals surface area contributed by atoms with Gasteiger partial charge in [-0.15, -0.1) is 0 Å². The van der Waals surface area contributed by atoms with Crippen molar-refractivity contribution in [3.05, 3.63) is 35.6 Å². The summed E-state index contributed by atoms with van der Waals surface area (Å²) < 4.78 is 18.9. The van der Waals surface area contributed by atoms with E-state index in [1.54, 1.807) is 13.2 Å². The van der Waals surface area contributed by atoms with Crippen LogP contribution in [-0.2, 0) is 4.74 Å². The van der Waals surface area contributed by atoms with Crippen LogP contribution in [0, 0.1) is 5.82 Å². The van der Waals surface area contributed by atoms with Crippen molar-refractivity contribution in [2.45, 2.75) is 32.4 Å². The molecule has 0 fully saturated rings. The molecular weight excluding hydrogens is 205 g/mol. The summed E-state index contributed by atoms with van der Waals surface area (Å²) in [5.74, 6) is -0.156. The highest BCUT2D eigenvalue weighted by Crippen LogP contribution is 2.22. The molecule has 3 heteroatoms. The summed E-state index contributed by atoms with van der Waals surface area (Å²) in [4.78, 5) is 0. The van der Waals surface area contributed by atoms with Crippen LogP contribution in [0.5, 0.6) is 0 Å². The summed E-state index contributed by atoms with van der Waals surface area (Å²) in [6.45, 7) is 4.83. The number of rotatable bonds is 6. The summed E-state index contributed by atoms with van der Waals surface area (Å²) in [5, 5.41) is 3.28. The van der Waals surface area contributed by atoms with Gasteiger partial charge in [0.05, 0.1) is 6.10 Å². The van der Waals surface area contributed by atoms with E-state index in [0.29, 0.717) is 5.56 Å². The lowest BCUT2D eigenvalue weighted by Gasteiger charge is -2.21. The van der Waals surface area contributed by atoms with E-state index in [1.807, 2.05) is 26.0 Å². The largest absolute Gasteiger partial charge is 0.382 e. The van der Waals surface area contributed by atoms with E-state index in [-0.39, 0.29) is 18.0 Å². The fourth-order valence-electron chi connectivity index (χ4n) is 1.75. The molecule has 0 radical (unpaired) electrons. The van der Waals surface area contributed by atoms with Gasteiger partial charge in [-0.25, -0.2) is 4.39 Å². The Kier molecular flexibility index (Phi) is 5.43. The zero-order valence-electron chi connectivity index (χ0n) is 10.2. The quantitative estimate of drug-likeness (QED) is 0.803. The smallest absolute Gasteiger partial charge is 0.127 e. The first-order chi connectivity index (χ1) is 7.69. The number of ether oxygens (including phenoxy) is 1. The maximum Gasteiger partial charge on any atom is 0.127 e. The standard InChI is InChI=1S/C13H20FNO/c1-4-15-13(9-10(2)16-3)11-7-5-6-8-12(11)14/h5-8,10,13,15H,4,9H2,1-3H3. The lowest BCUT2D eigenvalue weighted by molar-refractivity contribution is 0.100. The molecule has 2 unspecified atom stereocenters. The van der Waals surface area contributed by atoms with Gasteiger partial charge in [-0.1, -0.05) is 25.1 Å². The number of hydrogen-bond donors (Lipinski definition) is 1. The lowest BCUT2D eigenvalue weighted by atomic mass is 10.0. The van der Waals surface area contributed by atoms with E-state index < -0.39 is 0 Å². The molecule has 1 rings (SSSR count). The van der Waals surface area contributed by atoms with Crippen LogP contribution in [0.25, 0.3) is 0 Å². The van der Waals surface area contributed by atoms with Crippen molar-refractivity contribution in [3.8, 4) is 0 Å². The average Bonchev–Trinajstić information content (AvgIpc) is 2.29. The Labute approximate surface area is 96.8 Å². The number of hydrogen-bond acceptors (Lipinski definition) is 2. The van der Waals surface area contributed by atoms with Crippen LogP contribution in [0.1, 0.15) is 31.9 Å². The minimum absolute atomic E-state index is 0.0150. The molecule has 0 saturated carbocycles. The topological polar surface area (TPSA) is 21.3 Å². The van der Waals surface area contributed by atoms with E-state index in [2.05, 4.69) is 5.32 Å². The van der Waals surface area contributed by atoms with E-state index in [4.69, 9.17) is 4.74 Å². The van der Waals surface area contributed by atoms with Gasteiger partial charge in [0, 0.05) is 18.7 Å². The molecular formula is C13H20FNO. The fraction of sp³-hybridized carbons (Fsp3) is 0.538. The van der Waals surface area contributed by atoms with Crippen LogP contribution >= 0.6 is 0 Å². The predicted molar refractivity (Wildman–Crippen MR) is 63.9 cm³/mol. The van der Waals surface area contributed by atoms with Crippen LogP contribution in [0.15, 0.2) is 24.3 Å². The Bertz CT molecular complexity index is 317. The minimum atomic E-state index is -0.156. The van der Waals surface area contributed by atoms with Gasteiger partial charge >= 0.3 is 0 Å². The molecule has 0 aliphatic heterocycles. The monoisotopic (exact) mass is 225 g/mol. The Morgan fingerprint density at radius 2 is 2.06 bits per heavy atom. The van der Waals surface area contributed by atoms with E-state index >= 15 is 0 Å². The molecule has 90 valence electrons. The van der Waals surface area contributed by atoms with E-state index in [0.717, 1.165) is 13.0 Å². The molecule has 0 spiro atoms. The Morgan fingerprint density at radius 3 is 2.62 bits per heavy atom. The normalized spacial score (nSPS) is 14.8. The number of benzene rings is 1. The lowest BCUT2D eigenvalue weighted by Crippen LogP contribution is -2.25. The number of methoxy groups -OCH3 is 1. The minimum Gasteiger partial charge on any atom is -0.382 e. The molecule has 2 atom stereocenters. The Hall–Kier alpha value is -0.930. The van der Waals surface area contributed by atoms with Gasteiger partial charge in [0.25, 0.3) is 0 Å². The summed E-state index contributed by atoms with van der Waals surface area (Å²) in [5.41, 5.74) is 0.716. The van der Waals surface area contributed by atoms with Gasteiger partial charge in [-0.3, -0.25) is 0 Å². The second kappa shape index (κ2) is 6.61. The van der Waals surface area contributed by atoms with Crippen LogP contribution in [0.3, 0.4) is 0 Å². The number of halogens is 1. The Morgan fingerprint density at radius 1 is 1.38 bits per heavy atom. The van der Waals surface area contributed by atoms with Gasteiger partial charge < -0.3 is 10.1 Å². The maximum absolute atomic E-state index is 13.6. The molecule has 16 heavy (non-hydrogen) atoms. The highest BCUT2D eigenvalue weighted by atomic mass is 19.1. The Balaban J connectivity index is 2.80. The first kappa shape index (κ1) is 13.1. The molecule has 0 amide bonds. The summed E-state index contributed by atoms with van der Waals surface area (Å²) >= 11 is 0. The first-order valence-corrected chi connectivity index (χ1v) is 5.69. The first-order valence-electron chi connectivity index (χ1n) is 5.69. The van der Waals surface area contributed by atoms with Gasteiger partial charge in [0.1, 0.15) is 5.82 Å². The molecule has 0 aliphatic rings. The van der Waals surface area contributed by atoms with E-state index in [1.165, 1.54) is 6.07 Å². The van der Waals surface area contributed by atoms with Crippen LogP contribution in [0.4, 0.5) is 4.39 Å². The number of nitrogens with one attached hydrogen (secondary N) is 1. The van der Waals surface area contributed by atoms with Crippen molar-refractivity contribution in [3.63, 3.8) is 0 Å². The predicted octanol–water partition coefficient (Wildman–Crippen LogP) is 2.90. The van der Waals surface area contributed by atoms with Crippen LogP contribution in [-0.4, -0.2) is 19.8 Å². The van der Waals surface area contributed by atoms with Gasteiger partial charge in [-0.2, -0.15) is 0 Å². The molecule has 0 bridgehead atoms. The van der Waals surface area contributed by atoms with Crippen molar-refractivity contribution in [1.82, 2.24) is 5.32 Å².